The van der Waals surface area contributed by atoms with Crippen LogP contribution in [0.3, 0.4) is 0 Å². The van der Waals surface area contributed by atoms with Crippen LogP contribution in [-0.4, -0.2) is 18.1 Å². The van der Waals surface area contributed by atoms with E-state index in [9.17, 15) is 14.0 Å². The number of ether oxygens (including phenoxy) is 1. The molecule has 0 aliphatic heterocycles. The molecule has 0 unspecified atom stereocenters. The largest absolute Gasteiger partial charge is 0.465 e. The van der Waals surface area contributed by atoms with Gasteiger partial charge in [-0.15, -0.1) is 0 Å². The average Bonchev–Trinajstić information content (AvgIpc) is 2.29. The summed E-state index contributed by atoms with van der Waals surface area (Å²) in [6.07, 6.45) is 1.15. The standard InChI is InChI=1S/C11H7BrFNO3/c1-17-11(16)7-4-14-9-6(10(7)15)2-5(12)3-8(9)13/h2-4H,1H3,(H,14,15). The number of rotatable bonds is 1. The number of halogens is 2. The van der Waals surface area contributed by atoms with Crippen molar-refractivity contribution in [1.29, 1.82) is 0 Å². The first-order chi connectivity index (χ1) is 8.04. The molecule has 0 saturated heterocycles. The molecule has 1 heterocycles. The van der Waals surface area contributed by atoms with Gasteiger partial charge in [0.1, 0.15) is 11.4 Å². The molecule has 1 N–H and O–H groups in total. The first-order valence-electron chi connectivity index (χ1n) is 4.63. The van der Waals surface area contributed by atoms with Gasteiger partial charge in [0.2, 0.25) is 5.43 Å². The van der Waals surface area contributed by atoms with Gasteiger partial charge in [0.15, 0.2) is 0 Å². The Hall–Kier alpha value is -1.69. The summed E-state index contributed by atoms with van der Waals surface area (Å²) < 4.78 is 18.4. The van der Waals surface area contributed by atoms with Gasteiger partial charge in [-0.3, -0.25) is 4.79 Å². The molecule has 0 radical (unpaired) electrons. The third-order valence-corrected chi connectivity index (χ3v) is 2.77. The minimum absolute atomic E-state index is 0.0610. The van der Waals surface area contributed by atoms with Crippen LogP contribution >= 0.6 is 15.9 Å². The smallest absolute Gasteiger partial charge is 0.343 e. The van der Waals surface area contributed by atoms with E-state index in [2.05, 4.69) is 25.7 Å². The van der Waals surface area contributed by atoms with Gasteiger partial charge in [-0.2, -0.15) is 0 Å². The summed E-state index contributed by atoms with van der Waals surface area (Å²) in [6.45, 7) is 0. The highest BCUT2D eigenvalue weighted by Crippen LogP contribution is 2.19. The molecule has 0 bridgehead atoms. The molecule has 0 atom stereocenters. The molecule has 4 nitrogen and oxygen atoms in total. The maximum absolute atomic E-state index is 13.5. The molecule has 0 aliphatic rings. The van der Waals surface area contributed by atoms with Crippen LogP contribution < -0.4 is 5.43 Å². The van der Waals surface area contributed by atoms with Crippen LogP contribution in [0.5, 0.6) is 0 Å². The third kappa shape index (κ3) is 1.95. The fraction of sp³-hybridized carbons (Fsp3) is 0.0909. The monoisotopic (exact) mass is 299 g/mol. The molecule has 2 aromatic rings. The van der Waals surface area contributed by atoms with Crippen molar-refractivity contribution in [3.05, 3.63) is 44.4 Å². The molecule has 17 heavy (non-hydrogen) atoms. The predicted molar refractivity (Wildman–Crippen MR) is 63.6 cm³/mol. The summed E-state index contributed by atoms with van der Waals surface area (Å²) in [5.74, 6) is -1.32. The third-order valence-electron chi connectivity index (χ3n) is 2.31. The zero-order chi connectivity index (χ0) is 12.6. The van der Waals surface area contributed by atoms with Crippen molar-refractivity contribution < 1.29 is 13.9 Å². The van der Waals surface area contributed by atoms with Crippen molar-refractivity contribution in [3.8, 4) is 0 Å². The van der Waals surface area contributed by atoms with Crippen LogP contribution in [-0.2, 0) is 4.74 Å². The van der Waals surface area contributed by atoms with Gasteiger partial charge in [-0.1, -0.05) is 15.9 Å². The zero-order valence-corrected chi connectivity index (χ0v) is 10.3. The van der Waals surface area contributed by atoms with E-state index in [-0.39, 0.29) is 16.5 Å². The van der Waals surface area contributed by atoms with Gasteiger partial charge in [0, 0.05) is 10.7 Å². The number of aromatic amines is 1. The Balaban J connectivity index is 2.85. The molecule has 6 heteroatoms. The van der Waals surface area contributed by atoms with E-state index in [1.165, 1.54) is 19.2 Å². The lowest BCUT2D eigenvalue weighted by atomic mass is 10.1. The number of methoxy groups -OCH3 is 1. The number of carbonyl (C=O) groups excluding carboxylic acids is 1. The highest BCUT2D eigenvalue weighted by Gasteiger charge is 2.15. The zero-order valence-electron chi connectivity index (χ0n) is 8.71. The van der Waals surface area contributed by atoms with Crippen molar-refractivity contribution in [1.82, 2.24) is 4.98 Å². The van der Waals surface area contributed by atoms with Gasteiger partial charge in [-0.25, -0.2) is 9.18 Å². The van der Waals surface area contributed by atoms with Gasteiger partial charge in [0.05, 0.1) is 18.0 Å². The predicted octanol–water partition coefficient (Wildman–Crippen LogP) is 2.22. The fourth-order valence-corrected chi connectivity index (χ4v) is 1.95. The van der Waals surface area contributed by atoms with E-state index < -0.39 is 17.2 Å². The van der Waals surface area contributed by atoms with E-state index in [1.54, 1.807) is 0 Å². The van der Waals surface area contributed by atoms with Crippen LogP contribution in [0.15, 0.2) is 27.6 Å². The number of nitrogens with one attached hydrogen (secondary N) is 1. The molecule has 0 saturated carbocycles. The minimum Gasteiger partial charge on any atom is -0.465 e. The first-order valence-corrected chi connectivity index (χ1v) is 5.42. The Morgan fingerprint density at radius 3 is 2.82 bits per heavy atom. The number of H-pyrrole nitrogens is 1. The second kappa shape index (κ2) is 4.29. The molecule has 88 valence electrons. The van der Waals surface area contributed by atoms with Gasteiger partial charge in [0.25, 0.3) is 0 Å². The lowest BCUT2D eigenvalue weighted by Crippen LogP contribution is -2.17. The van der Waals surface area contributed by atoms with E-state index >= 15 is 0 Å². The second-order valence-electron chi connectivity index (χ2n) is 3.33. The van der Waals surface area contributed by atoms with Crippen LogP contribution in [0.2, 0.25) is 0 Å². The molecule has 0 amide bonds. The molecule has 1 aromatic carbocycles. The number of esters is 1. The van der Waals surface area contributed by atoms with Crippen LogP contribution in [0.1, 0.15) is 10.4 Å². The number of hydrogen-bond donors (Lipinski definition) is 1. The minimum atomic E-state index is -0.756. The van der Waals surface area contributed by atoms with Gasteiger partial charge < -0.3 is 9.72 Å². The molecule has 0 aliphatic carbocycles. The molecule has 2 rings (SSSR count). The van der Waals surface area contributed by atoms with Crippen LogP contribution in [0.4, 0.5) is 4.39 Å². The molecule has 0 spiro atoms. The summed E-state index contributed by atoms with van der Waals surface area (Å²) in [7, 11) is 1.17. The van der Waals surface area contributed by atoms with Crippen LogP contribution in [0, 0.1) is 5.82 Å². The van der Waals surface area contributed by atoms with Crippen LogP contribution in [0.25, 0.3) is 10.9 Å². The molecular weight excluding hydrogens is 293 g/mol. The maximum atomic E-state index is 13.5. The van der Waals surface area contributed by atoms with E-state index in [4.69, 9.17) is 0 Å². The van der Waals surface area contributed by atoms with Gasteiger partial charge in [-0.05, 0) is 12.1 Å². The van der Waals surface area contributed by atoms with Gasteiger partial charge >= 0.3 is 5.97 Å². The number of pyridine rings is 1. The molecular formula is C11H7BrFNO3. The Morgan fingerprint density at radius 1 is 1.47 bits per heavy atom. The number of fused-ring (bicyclic) bond motifs is 1. The van der Waals surface area contributed by atoms with E-state index in [1.807, 2.05) is 0 Å². The highest BCUT2D eigenvalue weighted by atomic mass is 79.9. The maximum Gasteiger partial charge on any atom is 0.343 e. The average molecular weight is 300 g/mol. The Bertz CT molecular complexity index is 666. The molecule has 0 fully saturated rings. The highest BCUT2D eigenvalue weighted by molar-refractivity contribution is 9.10. The Kier molecular flexibility index (Phi) is 2.97. The van der Waals surface area contributed by atoms with E-state index in [0.29, 0.717) is 4.47 Å². The van der Waals surface area contributed by atoms with Crippen molar-refractivity contribution in [2.24, 2.45) is 0 Å². The Labute approximate surface area is 104 Å². The lowest BCUT2D eigenvalue weighted by molar-refractivity contribution is 0.0599. The number of hydrogen-bond acceptors (Lipinski definition) is 3. The summed E-state index contributed by atoms with van der Waals surface area (Å²) >= 11 is 3.09. The molecule has 1 aromatic heterocycles. The summed E-state index contributed by atoms with van der Waals surface area (Å²) in [5, 5.41) is 0.0970. The van der Waals surface area contributed by atoms with E-state index in [0.717, 1.165) is 6.20 Å². The quantitative estimate of drug-likeness (QED) is 0.822. The van der Waals surface area contributed by atoms with Crippen molar-refractivity contribution in [3.63, 3.8) is 0 Å². The van der Waals surface area contributed by atoms with Crippen molar-refractivity contribution >= 4 is 32.8 Å². The van der Waals surface area contributed by atoms with Crippen molar-refractivity contribution in [2.45, 2.75) is 0 Å². The number of benzene rings is 1. The summed E-state index contributed by atoms with van der Waals surface area (Å²) in [6, 6.07) is 2.68. The number of aromatic nitrogens is 1. The SMILES string of the molecule is COC(=O)c1c[nH]c2c(F)cc(Br)cc2c1=O. The summed E-state index contributed by atoms with van der Waals surface area (Å²) in [5.41, 5.74) is -0.658. The first kappa shape index (κ1) is 11.8. The summed E-state index contributed by atoms with van der Waals surface area (Å²) in [4.78, 5) is 25.8. The van der Waals surface area contributed by atoms with Crippen molar-refractivity contribution in [2.75, 3.05) is 7.11 Å². The number of carbonyl (C=O) groups is 1. The Morgan fingerprint density at radius 2 is 2.18 bits per heavy atom. The normalized spacial score (nSPS) is 10.5. The second-order valence-corrected chi connectivity index (χ2v) is 4.25. The fourth-order valence-electron chi connectivity index (χ4n) is 1.52. The topological polar surface area (TPSA) is 59.2 Å². The lowest BCUT2D eigenvalue weighted by Gasteiger charge is -2.03.